The number of hydrogen-bond acceptors (Lipinski definition) is 2. The zero-order valence-electron chi connectivity index (χ0n) is 10.2. The highest BCUT2D eigenvalue weighted by molar-refractivity contribution is 6.69. The van der Waals surface area contributed by atoms with Gasteiger partial charge in [-0.3, -0.25) is 0 Å². The van der Waals surface area contributed by atoms with Gasteiger partial charge in [0.1, 0.15) is 4.84 Å². The van der Waals surface area contributed by atoms with E-state index in [4.69, 9.17) is 27.7 Å². The largest absolute Gasteiger partial charge is 0.342 e. The summed E-state index contributed by atoms with van der Waals surface area (Å²) in [6.07, 6.45) is 2.09. The van der Waals surface area contributed by atoms with Crippen molar-refractivity contribution in [2.24, 2.45) is 0 Å². The van der Waals surface area contributed by atoms with E-state index in [0.29, 0.717) is 0 Å². The van der Waals surface area contributed by atoms with E-state index in [1.165, 1.54) is 0 Å². The molecule has 0 N–H and O–H groups in total. The molecule has 90 valence electrons. The van der Waals surface area contributed by atoms with Gasteiger partial charge in [-0.25, -0.2) is 0 Å². The van der Waals surface area contributed by atoms with Gasteiger partial charge in [0, 0.05) is 5.54 Å². The van der Waals surface area contributed by atoms with Gasteiger partial charge in [-0.1, -0.05) is 0 Å². The molecule has 0 aromatic heterocycles. The summed E-state index contributed by atoms with van der Waals surface area (Å²) < 4.78 is 6.09. The van der Waals surface area contributed by atoms with Crippen molar-refractivity contribution in [1.29, 1.82) is 0 Å². The lowest BCUT2D eigenvalue weighted by atomic mass is 10.0. The maximum absolute atomic E-state index is 6.09. The second-order valence-electron chi connectivity index (χ2n) is 5.78. The Labute approximate surface area is 104 Å². The van der Waals surface area contributed by atoms with E-state index in [0.717, 1.165) is 12.8 Å². The summed E-state index contributed by atoms with van der Waals surface area (Å²) in [5.74, 6) is 0. The Kier molecular flexibility index (Phi) is 4.16. The lowest BCUT2D eigenvalue weighted by Crippen LogP contribution is -2.50. The predicted octanol–water partition coefficient (Wildman–Crippen LogP) is 3.80. The highest BCUT2D eigenvalue weighted by atomic mass is 35.5. The van der Waals surface area contributed by atoms with Crippen LogP contribution in [0.4, 0.5) is 0 Å². The summed E-state index contributed by atoms with van der Waals surface area (Å²) in [6, 6.07) is 0.134. The number of rotatable bonds is 3. The summed E-state index contributed by atoms with van der Waals surface area (Å²) >= 11 is 12.0. The topological polar surface area (TPSA) is 12.5 Å². The van der Waals surface area contributed by atoms with Gasteiger partial charge in [-0.2, -0.15) is 5.06 Å². The minimum absolute atomic E-state index is 0.0486. The second kappa shape index (κ2) is 4.53. The smallest absolute Gasteiger partial charge is 0.212 e. The molecule has 2 nitrogen and oxygen atoms in total. The first-order valence-electron chi connectivity index (χ1n) is 5.40. The van der Waals surface area contributed by atoms with E-state index in [2.05, 4.69) is 33.5 Å². The average molecular weight is 270 g/mol. The maximum atomic E-state index is 6.09. The molecule has 0 saturated carbocycles. The van der Waals surface area contributed by atoms with Crippen LogP contribution in [0, 0.1) is 0 Å². The summed E-state index contributed by atoms with van der Waals surface area (Å²) in [5.41, 5.74) is 0.0486. The summed E-state index contributed by atoms with van der Waals surface area (Å²) in [5, 5.41) is 2.05. The Bertz CT molecular complexity index is 228. The molecule has 0 bridgehead atoms. The van der Waals surface area contributed by atoms with Crippen molar-refractivity contribution in [3.05, 3.63) is 0 Å². The first-order chi connectivity index (χ1) is 6.63. The Hall–Kier alpha value is 0.717. The SMILES string of the molecule is CC1(C)CCC(C(Cl)Cl)N1O[Si](C)(C)C. The second-order valence-corrected chi connectivity index (χ2v) is 11.4. The quantitative estimate of drug-likeness (QED) is 0.571. The molecule has 15 heavy (non-hydrogen) atoms. The van der Waals surface area contributed by atoms with Crippen molar-refractivity contribution in [2.75, 3.05) is 0 Å². The Morgan fingerprint density at radius 3 is 2.27 bits per heavy atom. The maximum Gasteiger partial charge on any atom is 0.212 e. The van der Waals surface area contributed by atoms with Crippen molar-refractivity contribution in [2.45, 2.75) is 62.7 Å². The van der Waals surface area contributed by atoms with Crippen LogP contribution in [0.2, 0.25) is 19.6 Å². The van der Waals surface area contributed by atoms with Crippen LogP contribution in [0.25, 0.3) is 0 Å². The Morgan fingerprint density at radius 1 is 1.33 bits per heavy atom. The van der Waals surface area contributed by atoms with E-state index in [1.807, 2.05) is 5.06 Å². The standard InChI is InChI=1S/C10H21Cl2NOSi/c1-10(2)7-6-8(9(11)12)13(10)14-15(3,4)5/h8-9H,6-7H2,1-5H3. The summed E-state index contributed by atoms with van der Waals surface area (Å²) in [7, 11) is -1.59. The Morgan fingerprint density at radius 2 is 1.87 bits per heavy atom. The van der Waals surface area contributed by atoms with Gasteiger partial charge in [0.05, 0.1) is 6.04 Å². The molecule has 0 spiro atoms. The molecule has 1 saturated heterocycles. The number of halogens is 2. The van der Waals surface area contributed by atoms with E-state index >= 15 is 0 Å². The number of hydroxylamine groups is 2. The molecule has 1 rings (SSSR count). The van der Waals surface area contributed by atoms with Crippen molar-refractivity contribution in [3.8, 4) is 0 Å². The number of alkyl halides is 2. The lowest BCUT2D eigenvalue weighted by molar-refractivity contribution is -0.140. The van der Waals surface area contributed by atoms with Gasteiger partial charge in [0.15, 0.2) is 0 Å². The van der Waals surface area contributed by atoms with Gasteiger partial charge in [0.2, 0.25) is 8.32 Å². The summed E-state index contributed by atoms with van der Waals surface area (Å²) in [6.45, 7) is 10.9. The third kappa shape index (κ3) is 3.60. The van der Waals surface area contributed by atoms with Gasteiger partial charge < -0.3 is 4.53 Å². The highest BCUT2D eigenvalue weighted by Crippen LogP contribution is 2.38. The molecular formula is C10H21Cl2NOSi. The Balaban J connectivity index is 2.78. The molecule has 1 atom stereocenters. The first-order valence-corrected chi connectivity index (χ1v) is 9.68. The minimum Gasteiger partial charge on any atom is -0.342 e. The molecule has 1 fully saturated rings. The third-order valence-corrected chi connectivity index (χ3v) is 3.94. The van der Waals surface area contributed by atoms with Crippen molar-refractivity contribution in [3.63, 3.8) is 0 Å². The van der Waals surface area contributed by atoms with E-state index < -0.39 is 8.32 Å². The third-order valence-electron chi connectivity index (χ3n) is 2.61. The minimum atomic E-state index is -1.59. The van der Waals surface area contributed by atoms with E-state index in [-0.39, 0.29) is 16.4 Å². The molecule has 5 heteroatoms. The van der Waals surface area contributed by atoms with Gasteiger partial charge >= 0.3 is 0 Å². The molecule has 0 aliphatic carbocycles. The molecule has 0 aromatic carbocycles. The first kappa shape index (κ1) is 13.8. The van der Waals surface area contributed by atoms with Gasteiger partial charge in [-0.15, -0.1) is 23.2 Å². The molecule has 0 amide bonds. The molecular weight excluding hydrogens is 249 g/mol. The number of nitrogens with zero attached hydrogens (tertiary/aromatic N) is 1. The van der Waals surface area contributed by atoms with Crippen LogP contribution >= 0.6 is 23.2 Å². The highest BCUT2D eigenvalue weighted by Gasteiger charge is 2.44. The zero-order valence-corrected chi connectivity index (χ0v) is 12.7. The predicted molar refractivity (Wildman–Crippen MR) is 68.9 cm³/mol. The fourth-order valence-electron chi connectivity index (χ4n) is 1.89. The van der Waals surface area contributed by atoms with Crippen molar-refractivity contribution in [1.82, 2.24) is 5.06 Å². The molecule has 1 heterocycles. The summed E-state index contributed by atoms with van der Waals surface area (Å²) in [4.78, 5) is -0.372. The fraction of sp³-hybridized carbons (Fsp3) is 1.00. The van der Waals surface area contributed by atoms with Crippen LogP contribution in [0.1, 0.15) is 26.7 Å². The van der Waals surface area contributed by atoms with E-state index in [1.54, 1.807) is 0 Å². The lowest BCUT2D eigenvalue weighted by Gasteiger charge is -2.39. The fourth-order valence-corrected chi connectivity index (χ4v) is 3.32. The average Bonchev–Trinajstić information content (AvgIpc) is 2.24. The number of hydrogen-bond donors (Lipinski definition) is 0. The van der Waals surface area contributed by atoms with Crippen molar-refractivity contribution >= 4 is 31.5 Å². The molecule has 1 unspecified atom stereocenters. The van der Waals surface area contributed by atoms with E-state index in [9.17, 15) is 0 Å². The molecule has 1 aliphatic heterocycles. The van der Waals surface area contributed by atoms with Crippen LogP contribution in [-0.2, 0) is 4.53 Å². The van der Waals surface area contributed by atoms with Crippen LogP contribution in [-0.4, -0.2) is 29.8 Å². The molecule has 1 aliphatic rings. The van der Waals surface area contributed by atoms with Crippen molar-refractivity contribution < 1.29 is 4.53 Å². The normalized spacial score (nSPS) is 27.6. The van der Waals surface area contributed by atoms with Gasteiger partial charge in [0.25, 0.3) is 0 Å². The zero-order chi connectivity index (χ0) is 11.9. The molecule has 0 aromatic rings. The molecule has 0 radical (unpaired) electrons. The van der Waals surface area contributed by atoms with Gasteiger partial charge in [-0.05, 0) is 46.3 Å². The van der Waals surface area contributed by atoms with Crippen LogP contribution < -0.4 is 0 Å². The van der Waals surface area contributed by atoms with Crippen LogP contribution in [0.5, 0.6) is 0 Å². The van der Waals surface area contributed by atoms with Crippen LogP contribution in [0.15, 0.2) is 0 Å². The monoisotopic (exact) mass is 269 g/mol. The van der Waals surface area contributed by atoms with Crippen LogP contribution in [0.3, 0.4) is 0 Å².